The zero-order valence-electron chi connectivity index (χ0n) is 12.0. The Labute approximate surface area is 120 Å². The van der Waals surface area contributed by atoms with Crippen molar-refractivity contribution in [2.45, 2.75) is 32.6 Å². The van der Waals surface area contributed by atoms with Crippen LogP contribution in [0.25, 0.3) is 0 Å². The van der Waals surface area contributed by atoms with E-state index in [4.69, 9.17) is 4.74 Å². The lowest BCUT2D eigenvalue weighted by Crippen LogP contribution is -2.28. The summed E-state index contributed by atoms with van der Waals surface area (Å²) in [6.07, 6.45) is 5.52. The first-order valence-corrected chi connectivity index (χ1v) is 7.38. The Morgan fingerprint density at radius 2 is 2.30 bits per heavy atom. The largest absolute Gasteiger partial charge is 0.476 e. The van der Waals surface area contributed by atoms with Crippen LogP contribution in [0, 0.1) is 5.92 Å². The third-order valence-electron chi connectivity index (χ3n) is 3.56. The number of aromatic nitrogens is 1. The Morgan fingerprint density at radius 1 is 1.50 bits per heavy atom. The lowest BCUT2D eigenvalue weighted by Gasteiger charge is -2.22. The molecule has 1 aliphatic heterocycles. The minimum absolute atomic E-state index is 0.0393. The van der Waals surface area contributed by atoms with Crippen LogP contribution >= 0.6 is 0 Å². The zero-order valence-corrected chi connectivity index (χ0v) is 12.0. The van der Waals surface area contributed by atoms with E-state index in [9.17, 15) is 4.79 Å². The van der Waals surface area contributed by atoms with Gasteiger partial charge in [0.25, 0.3) is 0 Å². The van der Waals surface area contributed by atoms with Crippen LogP contribution in [0.1, 0.15) is 32.6 Å². The molecule has 2 N–H and O–H groups in total. The summed E-state index contributed by atoms with van der Waals surface area (Å²) in [5.74, 6) is 1.20. The predicted molar refractivity (Wildman–Crippen MR) is 78.9 cm³/mol. The highest BCUT2D eigenvalue weighted by atomic mass is 16.5. The van der Waals surface area contributed by atoms with Gasteiger partial charge in [-0.05, 0) is 57.3 Å². The predicted octanol–water partition coefficient (Wildman–Crippen LogP) is 2.20. The van der Waals surface area contributed by atoms with Crippen LogP contribution in [0.5, 0.6) is 5.88 Å². The third kappa shape index (κ3) is 4.49. The molecule has 0 atom stereocenters. The zero-order chi connectivity index (χ0) is 14.2. The molecule has 1 saturated heterocycles. The van der Waals surface area contributed by atoms with Crippen molar-refractivity contribution in [3.8, 4) is 5.88 Å². The smallest absolute Gasteiger partial charge is 0.237 e. The monoisotopic (exact) mass is 277 g/mol. The fraction of sp³-hybridized carbons (Fsp3) is 0.600. The van der Waals surface area contributed by atoms with Crippen molar-refractivity contribution in [3.63, 3.8) is 0 Å². The lowest BCUT2D eigenvalue weighted by atomic mass is 9.93. The number of carbonyl (C=O) groups excluding carboxylic acids is 1. The molecule has 20 heavy (non-hydrogen) atoms. The van der Waals surface area contributed by atoms with Crippen LogP contribution in [-0.2, 0) is 4.79 Å². The van der Waals surface area contributed by atoms with E-state index in [1.54, 1.807) is 12.3 Å². The second-order valence-electron chi connectivity index (χ2n) is 5.07. The van der Waals surface area contributed by atoms with Gasteiger partial charge in [0, 0.05) is 12.6 Å². The second kappa shape index (κ2) is 7.85. The topological polar surface area (TPSA) is 63.2 Å². The van der Waals surface area contributed by atoms with Gasteiger partial charge in [-0.1, -0.05) is 0 Å². The highest BCUT2D eigenvalue weighted by Crippen LogP contribution is 2.22. The highest BCUT2D eigenvalue weighted by Gasteiger charge is 2.15. The molecule has 5 heteroatoms. The summed E-state index contributed by atoms with van der Waals surface area (Å²) in [5, 5.41) is 6.23. The van der Waals surface area contributed by atoms with E-state index in [1.165, 1.54) is 12.8 Å². The number of nitrogens with zero attached hydrogens (tertiary/aromatic N) is 1. The molecular weight excluding hydrogens is 254 g/mol. The summed E-state index contributed by atoms with van der Waals surface area (Å²) >= 11 is 0. The molecule has 1 fully saturated rings. The number of amides is 1. The molecule has 2 rings (SSSR count). The van der Waals surface area contributed by atoms with Crippen molar-refractivity contribution in [2.75, 3.05) is 25.0 Å². The van der Waals surface area contributed by atoms with E-state index in [1.807, 2.05) is 13.0 Å². The van der Waals surface area contributed by atoms with E-state index in [0.29, 0.717) is 30.5 Å². The summed E-state index contributed by atoms with van der Waals surface area (Å²) in [5.41, 5.74) is 0.657. The quantitative estimate of drug-likeness (QED) is 0.836. The summed E-state index contributed by atoms with van der Waals surface area (Å²) in [6.45, 7) is 4.58. The molecule has 110 valence electrons. The fourth-order valence-corrected chi connectivity index (χ4v) is 2.46. The van der Waals surface area contributed by atoms with E-state index in [2.05, 4.69) is 15.6 Å². The SMILES string of the molecule is CCOc1ncccc1NC(=O)CCC1CCNCC1. The van der Waals surface area contributed by atoms with E-state index < -0.39 is 0 Å². The first-order valence-electron chi connectivity index (χ1n) is 7.38. The molecule has 0 saturated carbocycles. The average molecular weight is 277 g/mol. The van der Waals surface area contributed by atoms with Gasteiger partial charge in [-0.2, -0.15) is 0 Å². The van der Waals surface area contributed by atoms with Crippen LogP contribution in [0.15, 0.2) is 18.3 Å². The second-order valence-corrected chi connectivity index (χ2v) is 5.07. The number of rotatable bonds is 6. The van der Waals surface area contributed by atoms with Crippen LogP contribution in [0.3, 0.4) is 0 Å². The molecule has 0 bridgehead atoms. The number of hydrogen-bond donors (Lipinski definition) is 2. The molecule has 5 nitrogen and oxygen atoms in total. The molecule has 1 aliphatic rings. The number of hydrogen-bond acceptors (Lipinski definition) is 4. The number of carbonyl (C=O) groups is 1. The Bertz CT molecular complexity index is 431. The molecule has 0 unspecified atom stereocenters. The number of nitrogens with one attached hydrogen (secondary N) is 2. The first-order chi connectivity index (χ1) is 9.79. The summed E-state index contributed by atoms with van der Waals surface area (Å²) in [4.78, 5) is 16.1. The van der Waals surface area contributed by atoms with Gasteiger partial charge in [0.05, 0.1) is 6.61 Å². The van der Waals surface area contributed by atoms with Crippen molar-refractivity contribution in [1.29, 1.82) is 0 Å². The maximum atomic E-state index is 12.0. The van der Waals surface area contributed by atoms with Crippen LogP contribution in [0.4, 0.5) is 5.69 Å². The van der Waals surface area contributed by atoms with Crippen LogP contribution in [0.2, 0.25) is 0 Å². The number of ether oxygens (including phenoxy) is 1. The normalized spacial score (nSPS) is 15.8. The molecule has 0 spiro atoms. The molecule has 0 radical (unpaired) electrons. The standard InChI is InChI=1S/C15H23N3O2/c1-2-20-15-13(4-3-9-17-15)18-14(19)6-5-12-7-10-16-11-8-12/h3-4,9,12,16H,2,5-8,10-11H2,1H3,(H,18,19). The molecule has 1 aromatic rings. The van der Waals surface area contributed by atoms with E-state index in [-0.39, 0.29) is 5.91 Å². The van der Waals surface area contributed by atoms with Gasteiger partial charge in [-0.25, -0.2) is 4.98 Å². The molecule has 1 aromatic heterocycles. The fourth-order valence-electron chi connectivity index (χ4n) is 2.46. The van der Waals surface area contributed by atoms with Crippen molar-refractivity contribution in [1.82, 2.24) is 10.3 Å². The average Bonchev–Trinajstić information content (AvgIpc) is 2.49. The van der Waals surface area contributed by atoms with Gasteiger partial charge >= 0.3 is 0 Å². The number of piperidine rings is 1. The van der Waals surface area contributed by atoms with Gasteiger partial charge in [-0.15, -0.1) is 0 Å². The Kier molecular flexibility index (Phi) is 5.80. The third-order valence-corrected chi connectivity index (χ3v) is 3.56. The summed E-state index contributed by atoms with van der Waals surface area (Å²) < 4.78 is 5.40. The van der Waals surface area contributed by atoms with Gasteiger partial charge < -0.3 is 15.4 Å². The summed E-state index contributed by atoms with van der Waals surface area (Å²) in [7, 11) is 0. The van der Waals surface area contributed by atoms with E-state index >= 15 is 0 Å². The molecule has 0 aliphatic carbocycles. The minimum atomic E-state index is 0.0393. The maximum Gasteiger partial charge on any atom is 0.237 e. The van der Waals surface area contributed by atoms with Crippen LogP contribution in [-0.4, -0.2) is 30.6 Å². The van der Waals surface area contributed by atoms with Gasteiger partial charge in [-0.3, -0.25) is 4.79 Å². The first kappa shape index (κ1) is 14.8. The summed E-state index contributed by atoms with van der Waals surface area (Å²) in [6, 6.07) is 3.62. The molecule has 0 aromatic carbocycles. The molecule has 2 heterocycles. The van der Waals surface area contributed by atoms with Crippen LogP contribution < -0.4 is 15.4 Å². The molecular formula is C15H23N3O2. The minimum Gasteiger partial charge on any atom is -0.476 e. The van der Waals surface area contributed by atoms with Gasteiger partial charge in [0.2, 0.25) is 11.8 Å². The van der Waals surface area contributed by atoms with Crippen molar-refractivity contribution in [2.24, 2.45) is 5.92 Å². The molecule has 1 amide bonds. The highest BCUT2D eigenvalue weighted by molar-refractivity contribution is 5.91. The number of anilines is 1. The Hall–Kier alpha value is -1.62. The lowest BCUT2D eigenvalue weighted by molar-refractivity contribution is -0.116. The van der Waals surface area contributed by atoms with E-state index in [0.717, 1.165) is 19.5 Å². The van der Waals surface area contributed by atoms with Crippen molar-refractivity contribution < 1.29 is 9.53 Å². The Balaban J connectivity index is 1.81. The number of pyridine rings is 1. The van der Waals surface area contributed by atoms with Gasteiger partial charge in [0.15, 0.2) is 0 Å². The van der Waals surface area contributed by atoms with Gasteiger partial charge in [0.1, 0.15) is 5.69 Å². The van der Waals surface area contributed by atoms with Crippen molar-refractivity contribution >= 4 is 11.6 Å². The maximum absolute atomic E-state index is 12.0. The Morgan fingerprint density at radius 3 is 3.05 bits per heavy atom. The van der Waals surface area contributed by atoms with Crippen molar-refractivity contribution in [3.05, 3.63) is 18.3 Å².